The van der Waals surface area contributed by atoms with Gasteiger partial charge in [-0.1, -0.05) is 48.9 Å². The second-order valence-electron chi connectivity index (χ2n) is 7.65. The summed E-state index contributed by atoms with van der Waals surface area (Å²) in [5.41, 5.74) is -0.766. The van der Waals surface area contributed by atoms with E-state index in [-0.39, 0.29) is 29.0 Å². The third-order valence-corrected chi connectivity index (χ3v) is 5.59. The van der Waals surface area contributed by atoms with Crippen molar-refractivity contribution in [1.29, 1.82) is 0 Å². The van der Waals surface area contributed by atoms with Gasteiger partial charge in [0.15, 0.2) is 11.9 Å². The summed E-state index contributed by atoms with van der Waals surface area (Å²) in [7, 11) is 0. The van der Waals surface area contributed by atoms with Crippen molar-refractivity contribution in [1.82, 2.24) is 0 Å². The number of alkyl halides is 3. The first-order valence-electron chi connectivity index (χ1n) is 10.6. The Bertz CT molecular complexity index is 1450. The fourth-order valence-corrected chi connectivity index (χ4v) is 3.74. The zero-order chi connectivity index (χ0) is 25.2. The summed E-state index contributed by atoms with van der Waals surface area (Å²) in [5, 5.41) is 2.98. The third-order valence-electron chi connectivity index (χ3n) is 5.26. The van der Waals surface area contributed by atoms with Gasteiger partial charge in [0, 0.05) is 11.3 Å². The van der Waals surface area contributed by atoms with E-state index in [1.54, 1.807) is 55.5 Å². The van der Waals surface area contributed by atoms with Crippen molar-refractivity contribution in [3.8, 4) is 17.1 Å². The molecule has 1 amide bonds. The van der Waals surface area contributed by atoms with Crippen molar-refractivity contribution < 1.29 is 27.1 Å². The lowest BCUT2D eigenvalue weighted by Crippen LogP contribution is -2.34. The average Bonchev–Trinajstić information content (AvgIpc) is 2.83. The number of carbonyl (C=O) groups excluding carboxylic acids is 1. The van der Waals surface area contributed by atoms with E-state index < -0.39 is 29.2 Å². The van der Waals surface area contributed by atoms with Gasteiger partial charge in [-0.3, -0.25) is 9.59 Å². The molecule has 0 aliphatic heterocycles. The van der Waals surface area contributed by atoms with Crippen LogP contribution in [-0.2, 0) is 11.0 Å². The molecule has 0 aliphatic carbocycles. The Morgan fingerprint density at radius 3 is 2.49 bits per heavy atom. The minimum atomic E-state index is -4.56. The molecule has 0 spiro atoms. The normalized spacial score (nSPS) is 12.4. The lowest BCUT2D eigenvalue weighted by Gasteiger charge is -2.19. The second kappa shape index (κ2) is 9.84. The van der Waals surface area contributed by atoms with Crippen molar-refractivity contribution in [3.63, 3.8) is 0 Å². The number of fused-ring (bicyclic) bond motifs is 1. The molecule has 0 aliphatic rings. The van der Waals surface area contributed by atoms with E-state index in [2.05, 4.69) is 5.32 Å². The summed E-state index contributed by atoms with van der Waals surface area (Å²) in [5.74, 6) is -0.892. The van der Waals surface area contributed by atoms with Gasteiger partial charge in [-0.15, -0.1) is 0 Å². The summed E-state index contributed by atoms with van der Waals surface area (Å²) in [6.07, 6.45) is -5.64. The van der Waals surface area contributed by atoms with Crippen LogP contribution < -0.4 is 15.5 Å². The molecule has 1 aromatic heterocycles. The van der Waals surface area contributed by atoms with Gasteiger partial charge < -0.3 is 14.5 Å². The molecule has 0 fully saturated rings. The molecule has 0 radical (unpaired) electrons. The summed E-state index contributed by atoms with van der Waals surface area (Å²) < 4.78 is 51.0. The number of benzene rings is 3. The predicted octanol–water partition coefficient (Wildman–Crippen LogP) is 6.93. The molecule has 5 nitrogen and oxygen atoms in total. The Kier molecular flexibility index (Phi) is 6.84. The Morgan fingerprint density at radius 2 is 1.77 bits per heavy atom. The maximum absolute atomic E-state index is 13.3. The first-order chi connectivity index (χ1) is 16.7. The van der Waals surface area contributed by atoms with Crippen molar-refractivity contribution in [2.75, 3.05) is 5.32 Å². The van der Waals surface area contributed by atoms with Gasteiger partial charge in [0.25, 0.3) is 5.91 Å². The van der Waals surface area contributed by atoms with Gasteiger partial charge in [-0.2, -0.15) is 13.2 Å². The molecule has 4 aromatic rings. The number of hydrogen-bond donors (Lipinski definition) is 1. The fourth-order valence-electron chi connectivity index (χ4n) is 3.52. The van der Waals surface area contributed by atoms with Crippen LogP contribution in [0.4, 0.5) is 18.9 Å². The molecule has 0 saturated carbocycles. The molecular formula is C26H19ClF3NO4. The van der Waals surface area contributed by atoms with Crippen LogP contribution >= 0.6 is 11.6 Å². The number of carbonyl (C=O) groups is 1. The zero-order valence-electron chi connectivity index (χ0n) is 18.4. The number of hydrogen-bond acceptors (Lipinski definition) is 4. The van der Waals surface area contributed by atoms with Gasteiger partial charge in [-0.05, 0) is 48.9 Å². The Labute approximate surface area is 203 Å². The largest absolute Gasteiger partial charge is 0.473 e. The van der Waals surface area contributed by atoms with E-state index in [9.17, 15) is 22.8 Å². The highest BCUT2D eigenvalue weighted by Gasteiger charge is 2.31. The Balaban J connectivity index is 1.73. The molecule has 4 rings (SSSR count). The van der Waals surface area contributed by atoms with Crippen molar-refractivity contribution >= 4 is 34.2 Å². The molecule has 3 aromatic carbocycles. The van der Waals surface area contributed by atoms with Gasteiger partial charge in [-0.25, -0.2) is 0 Å². The fraction of sp³-hybridized carbons (Fsp3) is 0.154. The van der Waals surface area contributed by atoms with Crippen LogP contribution in [0.1, 0.15) is 18.9 Å². The Morgan fingerprint density at radius 1 is 1.06 bits per heavy atom. The minimum absolute atomic E-state index is 0.0459. The lowest BCUT2D eigenvalue weighted by atomic mass is 10.1. The number of para-hydroxylation sites is 1. The van der Waals surface area contributed by atoms with Crippen molar-refractivity contribution in [3.05, 3.63) is 93.6 Å². The highest BCUT2D eigenvalue weighted by Crippen LogP contribution is 2.36. The molecule has 0 bridgehead atoms. The maximum Gasteiger partial charge on any atom is 0.416 e. The molecule has 1 unspecified atom stereocenters. The van der Waals surface area contributed by atoms with Crippen LogP contribution in [0.25, 0.3) is 22.3 Å². The van der Waals surface area contributed by atoms with Crippen LogP contribution in [0, 0.1) is 0 Å². The minimum Gasteiger partial charge on any atom is -0.473 e. The highest BCUT2D eigenvalue weighted by molar-refractivity contribution is 6.33. The third kappa shape index (κ3) is 5.17. The lowest BCUT2D eigenvalue weighted by molar-refractivity contribution is -0.137. The van der Waals surface area contributed by atoms with Crippen molar-refractivity contribution in [2.45, 2.75) is 25.6 Å². The first-order valence-corrected chi connectivity index (χ1v) is 11.0. The van der Waals surface area contributed by atoms with Gasteiger partial charge >= 0.3 is 6.18 Å². The number of ether oxygens (including phenoxy) is 1. The van der Waals surface area contributed by atoms with E-state index in [0.717, 1.165) is 12.1 Å². The Hall–Kier alpha value is -3.78. The molecule has 1 heterocycles. The second-order valence-corrected chi connectivity index (χ2v) is 8.06. The van der Waals surface area contributed by atoms with Crippen LogP contribution in [-0.4, -0.2) is 12.0 Å². The van der Waals surface area contributed by atoms with Crippen LogP contribution in [0.2, 0.25) is 5.02 Å². The summed E-state index contributed by atoms with van der Waals surface area (Å²) in [4.78, 5) is 26.3. The quantitative estimate of drug-likeness (QED) is 0.311. The van der Waals surface area contributed by atoms with E-state index in [1.807, 2.05) is 0 Å². The number of halogens is 4. The number of nitrogens with one attached hydrogen (secondary N) is 1. The molecule has 1 N–H and O–H groups in total. The van der Waals surface area contributed by atoms with Crippen LogP contribution in [0.3, 0.4) is 0 Å². The SMILES string of the molecule is CCC(Oc1c(-c2ccccc2Cl)oc2ccccc2c1=O)C(=O)Nc1cccc(C(F)(F)F)c1. The van der Waals surface area contributed by atoms with E-state index in [0.29, 0.717) is 16.2 Å². The van der Waals surface area contributed by atoms with Crippen LogP contribution in [0.5, 0.6) is 5.75 Å². The van der Waals surface area contributed by atoms with Gasteiger partial charge in [0.1, 0.15) is 5.58 Å². The first kappa shape index (κ1) is 24.3. The standard InChI is InChI=1S/C26H19ClF3NO4/c1-2-20(25(33)31-16-9-7-8-15(14-16)26(28,29)30)34-24-22(32)18-11-4-6-13-21(18)35-23(24)17-10-3-5-12-19(17)27/h3-14,20H,2H2,1H3,(H,31,33). The van der Waals surface area contributed by atoms with Gasteiger partial charge in [0.05, 0.1) is 16.0 Å². The summed E-state index contributed by atoms with van der Waals surface area (Å²) >= 11 is 6.34. The number of rotatable bonds is 6. The zero-order valence-corrected chi connectivity index (χ0v) is 19.1. The van der Waals surface area contributed by atoms with E-state index >= 15 is 0 Å². The van der Waals surface area contributed by atoms with Gasteiger partial charge in [0.2, 0.25) is 11.2 Å². The number of anilines is 1. The highest BCUT2D eigenvalue weighted by atomic mass is 35.5. The molecule has 180 valence electrons. The smallest absolute Gasteiger partial charge is 0.416 e. The molecule has 0 saturated heterocycles. The molecule has 35 heavy (non-hydrogen) atoms. The summed E-state index contributed by atoms with van der Waals surface area (Å²) in [6, 6.07) is 17.5. The maximum atomic E-state index is 13.3. The summed E-state index contributed by atoms with van der Waals surface area (Å²) in [6.45, 7) is 1.65. The van der Waals surface area contributed by atoms with Crippen molar-refractivity contribution in [2.24, 2.45) is 0 Å². The van der Waals surface area contributed by atoms with E-state index in [1.165, 1.54) is 12.1 Å². The average molecular weight is 502 g/mol. The number of amides is 1. The predicted molar refractivity (Wildman–Crippen MR) is 128 cm³/mol. The molecule has 1 atom stereocenters. The molecule has 9 heteroatoms. The topological polar surface area (TPSA) is 68.5 Å². The monoisotopic (exact) mass is 501 g/mol. The van der Waals surface area contributed by atoms with E-state index in [4.69, 9.17) is 20.8 Å². The van der Waals surface area contributed by atoms with Crippen LogP contribution in [0.15, 0.2) is 82.0 Å². The molecular weight excluding hydrogens is 483 g/mol.